The molecular weight excluding hydrogens is 346 g/mol. The monoisotopic (exact) mass is 369 g/mol. The molecule has 3 rings (SSSR count). The van der Waals surface area contributed by atoms with E-state index in [1.54, 1.807) is 18.2 Å². The number of hydrogen-bond acceptors (Lipinski definition) is 4. The van der Waals surface area contributed by atoms with Crippen molar-refractivity contribution in [2.75, 3.05) is 26.1 Å². The summed E-state index contributed by atoms with van der Waals surface area (Å²) in [5.74, 6) is 0.955. The molecule has 1 heterocycles. The van der Waals surface area contributed by atoms with Crippen LogP contribution in [0, 0.1) is 0 Å². The number of anilines is 1. The highest BCUT2D eigenvalue weighted by Gasteiger charge is 2.14. The second-order valence-electron chi connectivity index (χ2n) is 6.14. The van der Waals surface area contributed by atoms with Crippen LogP contribution in [0.15, 0.2) is 48.7 Å². The first-order chi connectivity index (χ1) is 13.0. The second kappa shape index (κ2) is 8.01. The number of aliphatic hydroxyl groups is 1. The molecule has 7 nitrogen and oxygen atoms in total. The van der Waals surface area contributed by atoms with Crippen LogP contribution in [0.1, 0.15) is 11.7 Å². The average Bonchev–Trinajstić information content (AvgIpc) is 3.06. The predicted molar refractivity (Wildman–Crippen MR) is 104 cm³/mol. The summed E-state index contributed by atoms with van der Waals surface area (Å²) in [5, 5.41) is 16.8. The molecule has 0 saturated heterocycles. The molecule has 1 aromatic heterocycles. The fourth-order valence-corrected chi connectivity index (χ4v) is 2.97. The minimum atomic E-state index is -0.812. The van der Waals surface area contributed by atoms with E-state index in [0.717, 1.165) is 16.5 Å². The van der Waals surface area contributed by atoms with E-state index in [9.17, 15) is 9.90 Å². The SMILES string of the molecule is COc1cccc(NC(=O)NCC(O)c2ccc3c(ccn3C)c2)c1OC. The van der Waals surface area contributed by atoms with Crippen LogP contribution in [-0.2, 0) is 7.05 Å². The van der Waals surface area contributed by atoms with Gasteiger partial charge in [0.25, 0.3) is 0 Å². The average molecular weight is 369 g/mol. The highest BCUT2D eigenvalue weighted by atomic mass is 16.5. The number of hydrogen-bond donors (Lipinski definition) is 3. The van der Waals surface area contributed by atoms with Gasteiger partial charge >= 0.3 is 6.03 Å². The molecule has 2 aromatic carbocycles. The molecular formula is C20H23N3O4. The van der Waals surface area contributed by atoms with Crippen LogP contribution in [0.3, 0.4) is 0 Å². The van der Waals surface area contributed by atoms with Crippen molar-refractivity contribution in [3.63, 3.8) is 0 Å². The molecule has 0 spiro atoms. The number of nitrogens with one attached hydrogen (secondary N) is 2. The van der Waals surface area contributed by atoms with Gasteiger partial charge in [-0.05, 0) is 41.3 Å². The van der Waals surface area contributed by atoms with Gasteiger partial charge < -0.3 is 29.8 Å². The molecule has 0 aliphatic rings. The molecule has 1 unspecified atom stereocenters. The Morgan fingerprint density at radius 1 is 1.19 bits per heavy atom. The summed E-state index contributed by atoms with van der Waals surface area (Å²) in [6, 6.07) is 12.5. The van der Waals surface area contributed by atoms with Gasteiger partial charge in [-0.25, -0.2) is 4.79 Å². The maximum absolute atomic E-state index is 12.2. The lowest BCUT2D eigenvalue weighted by Crippen LogP contribution is -2.32. The quantitative estimate of drug-likeness (QED) is 0.623. The zero-order chi connectivity index (χ0) is 19.4. The number of methoxy groups -OCH3 is 2. The smallest absolute Gasteiger partial charge is 0.319 e. The number of carbonyl (C=O) groups excluding carboxylic acids is 1. The molecule has 27 heavy (non-hydrogen) atoms. The van der Waals surface area contributed by atoms with Crippen molar-refractivity contribution in [3.05, 3.63) is 54.2 Å². The lowest BCUT2D eigenvalue weighted by atomic mass is 10.1. The minimum Gasteiger partial charge on any atom is -0.493 e. The van der Waals surface area contributed by atoms with Gasteiger partial charge in [-0.3, -0.25) is 0 Å². The summed E-state index contributed by atoms with van der Waals surface area (Å²) in [5.41, 5.74) is 2.31. The van der Waals surface area contributed by atoms with E-state index in [0.29, 0.717) is 17.2 Å². The topological polar surface area (TPSA) is 84.8 Å². The Labute approximate surface area is 157 Å². The zero-order valence-corrected chi connectivity index (χ0v) is 15.5. The Morgan fingerprint density at radius 2 is 2.00 bits per heavy atom. The normalized spacial score (nSPS) is 11.9. The first-order valence-corrected chi connectivity index (χ1v) is 8.52. The number of aliphatic hydroxyl groups excluding tert-OH is 1. The number of rotatable bonds is 6. The molecule has 2 amide bonds. The van der Waals surface area contributed by atoms with Gasteiger partial charge in [0.1, 0.15) is 0 Å². The van der Waals surface area contributed by atoms with Crippen LogP contribution in [0.2, 0.25) is 0 Å². The molecule has 0 aliphatic heterocycles. The van der Waals surface area contributed by atoms with E-state index in [2.05, 4.69) is 10.6 Å². The number of amides is 2. The van der Waals surface area contributed by atoms with E-state index in [-0.39, 0.29) is 6.54 Å². The number of urea groups is 1. The third-order valence-electron chi connectivity index (χ3n) is 4.40. The minimum absolute atomic E-state index is 0.0798. The van der Waals surface area contributed by atoms with E-state index < -0.39 is 12.1 Å². The van der Waals surface area contributed by atoms with Gasteiger partial charge in [-0.1, -0.05) is 12.1 Å². The summed E-state index contributed by atoms with van der Waals surface area (Å²) >= 11 is 0. The third kappa shape index (κ3) is 3.98. The number of fused-ring (bicyclic) bond motifs is 1. The van der Waals surface area contributed by atoms with Crippen LogP contribution in [-0.4, -0.2) is 36.5 Å². The fourth-order valence-electron chi connectivity index (χ4n) is 2.97. The van der Waals surface area contributed by atoms with Crippen LogP contribution < -0.4 is 20.1 Å². The van der Waals surface area contributed by atoms with Crippen molar-refractivity contribution in [2.24, 2.45) is 7.05 Å². The Bertz CT molecular complexity index is 952. The molecule has 7 heteroatoms. The van der Waals surface area contributed by atoms with E-state index in [1.165, 1.54) is 14.2 Å². The first kappa shape index (κ1) is 18.6. The van der Waals surface area contributed by atoms with Gasteiger partial charge in [0.2, 0.25) is 0 Å². The first-order valence-electron chi connectivity index (χ1n) is 8.52. The highest BCUT2D eigenvalue weighted by Crippen LogP contribution is 2.34. The van der Waals surface area contributed by atoms with Crippen LogP contribution in [0.5, 0.6) is 11.5 Å². The summed E-state index contributed by atoms with van der Waals surface area (Å²) in [6.45, 7) is 0.0798. The summed E-state index contributed by atoms with van der Waals surface area (Å²) in [4.78, 5) is 12.2. The summed E-state index contributed by atoms with van der Waals surface area (Å²) < 4.78 is 12.5. The van der Waals surface area contributed by atoms with Gasteiger partial charge in [-0.15, -0.1) is 0 Å². The van der Waals surface area contributed by atoms with Gasteiger partial charge in [0.05, 0.1) is 26.0 Å². The van der Waals surface area contributed by atoms with E-state index in [4.69, 9.17) is 9.47 Å². The van der Waals surface area contributed by atoms with E-state index in [1.807, 2.05) is 42.1 Å². The van der Waals surface area contributed by atoms with E-state index >= 15 is 0 Å². The fraction of sp³-hybridized carbons (Fsp3) is 0.250. The molecule has 3 N–H and O–H groups in total. The van der Waals surface area contributed by atoms with Crippen molar-refractivity contribution in [1.82, 2.24) is 9.88 Å². The van der Waals surface area contributed by atoms with Crippen molar-refractivity contribution in [3.8, 4) is 11.5 Å². The van der Waals surface area contributed by atoms with Gasteiger partial charge in [0.15, 0.2) is 11.5 Å². The second-order valence-corrected chi connectivity index (χ2v) is 6.14. The molecule has 0 radical (unpaired) electrons. The maximum atomic E-state index is 12.2. The molecule has 0 aliphatic carbocycles. The Balaban J connectivity index is 1.63. The standard InChI is InChI=1S/C20H23N3O4/c1-23-10-9-13-11-14(7-8-16(13)23)17(24)12-21-20(25)22-15-5-4-6-18(26-2)19(15)27-3/h4-11,17,24H,12H2,1-3H3,(H2,21,22,25). The Kier molecular flexibility index (Phi) is 5.52. The molecule has 0 saturated carbocycles. The number of nitrogens with zero attached hydrogens (tertiary/aromatic N) is 1. The third-order valence-corrected chi connectivity index (χ3v) is 4.40. The number of para-hydroxylation sites is 1. The lowest BCUT2D eigenvalue weighted by molar-refractivity contribution is 0.175. The number of aryl methyl sites for hydroxylation is 1. The Morgan fingerprint density at radius 3 is 2.74 bits per heavy atom. The largest absolute Gasteiger partial charge is 0.493 e. The van der Waals surface area contributed by atoms with Crippen LogP contribution in [0.4, 0.5) is 10.5 Å². The number of carbonyl (C=O) groups is 1. The van der Waals surface area contributed by atoms with Crippen LogP contribution in [0.25, 0.3) is 10.9 Å². The van der Waals surface area contributed by atoms with Gasteiger partial charge in [0, 0.05) is 25.3 Å². The van der Waals surface area contributed by atoms with Gasteiger partial charge in [-0.2, -0.15) is 0 Å². The van der Waals surface area contributed by atoms with Crippen molar-refractivity contribution < 1.29 is 19.4 Å². The molecule has 1 atom stereocenters. The molecule has 0 bridgehead atoms. The summed E-state index contributed by atoms with van der Waals surface area (Å²) in [6.07, 6.45) is 1.15. The van der Waals surface area contributed by atoms with Crippen molar-refractivity contribution in [2.45, 2.75) is 6.10 Å². The summed E-state index contributed by atoms with van der Waals surface area (Å²) in [7, 11) is 5.00. The molecule has 0 fully saturated rings. The number of aromatic nitrogens is 1. The number of benzene rings is 2. The molecule has 142 valence electrons. The maximum Gasteiger partial charge on any atom is 0.319 e. The Hall–Kier alpha value is -3.19. The number of ether oxygens (including phenoxy) is 2. The highest BCUT2D eigenvalue weighted by molar-refractivity contribution is 5.91. The van der Waals surface area contributed by atoms with Crippen LogP contribution >= 0.6 is 0 Å². The lowest BCUT2D eigenvalue weighted by Gasteiger charge is -2.15. The van der Waals surface area contributed by atoms with Crippen molar-refractivity contribution in [1.29, 1.82) is 0 Å². The van der Waals surface area contributed by atoms with Crippen molar-refractivity contribution >= 4 is 22.6 Å². The molecule has 3 aromatic rings. The zero-order valence-electron chi connectivity index (χ0n) is 15.5. The predicted octanol–water partition coefficient (Wildman–Crippen LogP) is 3.05.